The van der Waals surface area contributed by atoms with Crippen molar-refractivity contribution in [3.63, 3.8) is 0 Å². The number of hydrogen-bond donors (Lipinski definition) is 0. The van der Waals surface area contributed by atoms with E-state index < -0.39 is 23.8 Å². The van der Waals surface area contributed by atoms with Gasteiger partial charge in [0.1, 0.15) is 5.92 Å². The molecule has 0 aromatic carbocycles. The van der Waals surface area contributed by atoms with Gasteiger partial charge in [-0.25, -0.2) is 9.59 Å². The van der Waals surface area contributed by atoms with E-state index in [0.29, 0.717) is 5.70 Å². The summed E-state index contributed by atoms with van der Waals surface area (Å²) in [5.41, 5.74) is 1.27. The topological polar surface area (TPSA) is 82.1 Å². The van der Waals surface area contributed by atoms with Crippen molar-refractivity contribution in [3.05, 3.63) is 47.0 Å². The fourth-order valence-corrected chi connectivity index (χ4v) is 2.52. The first kappa shape index (κ1) is 16.5. The van der Waals surface area contributed by atoms with E-state index in [-0.39, 0.29) is 11.1 Å². The van der Waals surface area contributed by atoms with Gasteiger partial charge < -0.3 is 19.1 Å². The van der Waals surface area contributed by atoms with E-state index in [1.54, 1.807) is 17.1 Å². The van der Waals surface area contributed by atoms with Crippen LogP contribution in [0.2, 0.25) is 0 Å². The molecule has 2 aliphatic heterocycles. The van der Waals surface area contributed by atoms with Crippen molar-refractivity contribution in [2.45, 2.75) is 6.92 Å². The molecule has 7 heteroatoms. The predicted octanol–water partition coefficient (Wildman–Crippen LogP) is 1.05. The number of methoxy groups -OCH3 is 3. The van der Waals surface area contributed by atoms with Crippen molar-refractivity contribution < 1.29 is 28.6 Å². The van der Waals surface area contributed by atoms with E-state index in [1.165, 1.54) is 27.5 Å². The van der Waals surface area contributed by atoms with E-state index in [9.17, 15) is 14.4 Å². The summed E-state index contributed by atoms with van der Waals surface area (Å²) < 4.78 is 14.3. The van der Waals surface area contributed by atoms with Crippen LogP contribution in [0, 0.1) is 5.92 Å². The summed E-state index contributed by atoms with van der Waals surface area (Å²) in [5.74, 6) is -3.38. The van der Waals surface area contributed by atoms with Gasteiger partial charge in [0.05, 0.1) is 38.2 Å². The van der Waals surface area contributed by atoms with Gasteiger partial charge in [0.15, 0.2) is 0 Å². The maximum atomic E-state index is 12.3. The molecule has 0 fully saturated rings. The van der Waals surface area contributed by atoms with Crippen LogP contribution in [0.1, 0.15) is 6.92 Å². The second kappa shape index (κ2) is 6.51. The summed E-state index contributed by atoms with van der Waals surface area (Å²) in [6, 6.07) is 0. The molecule has 2 aliphatic rings. The summed E-state index contributed by atoms with van der Waals surface area (Å²) in [4.78, 5) is 38.2. The Kier molecular flexibility index (Phi) is 4.68. The monoisotopic (exact) mass is 319 g/mol. The number of rotatable bonds is 3. The molecule has 2 heterocycles. The van der Waals surface area contributed by atoms with Crippen molar-refractivity contribution >= 4 is 17.9 Å². The summed E-state index contributed by atoms with van der Waals surface area (Å²) in [5, 5.41) is 0. The molecule has 0 spiro atoms. The van der Waals surface area contributed by atoms with Crippen molar-refractivity contribution in [1.82, 2.24) is 4.90 Å². The fourth-order valence-electron chi connectivity index (χ4n) is 2.52. The number of carbonyl (C=O) groups is 3. The van der Waals surface area contributed by atoms with Crippen molar-refractivity contribution in [2.24, 2.45) is 5.92 Å². The minimum Gasteiger partial charge on any atom is -0.468 e. The molecule has 1 atom stereocenters. The highest BCUT2D eigenvalue weighted by Gasteiger charge is 2.43. The van der Waals surface area contributed by atoms with Crippen LogP contribution >= 0.6 is 0 Å². The normalized spacial score (nSPS) is 19.5. The lowest BCUT2D eigenvalue weighted by molar-refractivity contribution is -0.148. The molecule has 0 radical (unpaired) electrons. The number of ether oxygens (including phenoxy) is 3. The van der Waals surface area contributed by atoms with Crippen LogP contribution in [0.4, 0.5) is 0 Å². The summed E-state index contributed by atoms with van der Waals surface area (Å²) in [7, 11) is 3.60. The Hall–Kier alpha value is -2.83. The maximum absolute atomic E-state index is 12.3. The van der Waals surface area contributed by atoms with Crippen LogP contribution in [0.3, 0.4) is 0 Å². The molecular weight excluding hydrogens is 302 g/mol. The molecule has 0 aromatic heterocycles. The van der Waals surface area contributed by atoms with Gasteiger partial charge in [-0.2, -0.15) is 0 Å². The van der Waals surface area contributed by atoms with E-state index in [0.717, 1.165) is 5.70 Å². The summed E-state index contributed by atoms with van der Waals surface area (Å²) in [6.07, 6.45) is 6.70. The average molecular weight is 319 g/mol. The minimum absolute atomic E-state index is 0.00606. The molecule has 23 heavy (non-hydrogen) atoms. The first-order chi connectivity index (χ1) is 11.0. The molecule has 1 unspecified atom stereocenters. The van der Waals surface area contributed by atoms with Crippen LogP contribution < -0.4 is 0 Å². The fraction of sp³-hybridized carbons (Fsp3) is 0.312. The Morgan fingerprint density at radius 2 is 1.70 bits per heavy atom. The molecule has 0 saturated carbocycles. The molecule has 0 saturated heterocycles. The lowest BCUT2D eigenvalue weighted by Crippen LogP contribution is -2.37. The Labute approximate surface area is 133 Å². The van der Waals surface area contributed by atoms with E-state index in [4.69, 9.17) is 14.2 Å². The number of allylic oxidation sites excluding steroid dienone is 4. The maximum Gasteiger partial charge on any atom is 0.337 e. The van der Waals surface area contributed by atoms with Crippen LogP contribution in [0.15, 0.2) is 47.0 Å². The molecular formula is C16H17NO6. The Morgan fingerprint density at radius 1 is 1.04 bits per heavy atom. The van der Waals surface area contributed by atoms with Crippen molar-refractivity contribution in [1.29, 1.82) is 0 Å². The predicted molar refractivity (Wildman–Crippen MR) is 79.4 cm³/mol. The Bertz CT molecular complexity index is 683. The molecule has 0 aliphatic carbocycles. The van der Waals surface area contributed by atoms with Crippen molar-refractivity contribution in [3.8, 4) is 0 Å². The van der Waals surface area contributed by atoms with Crippen LogP contribution in [-0.2, 0) is 28.6 Å². The van der Waals surface area contributed by atoms with Gasteiger partial charge in [-0.3, -0.25) is 4.79 Å². The number of fused-ring (bicyclic) bond motifs is 1. The molecule has 2 rings (SSSR count). The third-order valence-corrected chi connectivity index (χ3v) is 3.64. The minimum atomic E-state index is -1.21. The summed E-state index contributed by atoms with van der Waals surface area (Å²) in [6.45, 7) is 1.81. The van der Waals surface area contributed by atoms with E-state index in [1.807, 2.05) is 13.0 Å². The SMILES string of the molecule is COC(=O)C1=CN2C(C)=CC=CC2=C(C(=O)OC)C1C(=O)OC. The first-order valence-corrected chi connectivity index (χ1v) is 6.80. The molecule has 0 amide bonds. The number of nitrogens with zero attached hydrogens (tertiary/aromatic N) is 1. The Morgan fingerprint density at radius 3 is 2.26 bits per heavy atom. The average Bonchev–Trinajstić information content (AvgIpc) is 2.58. The molecule has 0 aromatic rings. The third-order valence-electron chi connectivity index (χ3n) is 3.64. The molecule has 122 valence electrons. The smallest absolute Gasteiger partial charge is 0.337 e. The summed E-state index contributed by atoms with van der Waals surface area (Å²) >= 11 is 0. The largest absolute Gasteiger partial charge is 0.468 e. The zero-order valence-electron chi connectivity index (χ0n) is 13.3. The molecule has 0 bridgehead atoms. The van der Waals surface area contributed by atoms with Gasteiger partial charge in [0.25, 0.3) is 0 Å². The highest BCUT2D eigenvalue weighted by atomic mass is 16.5. The lowest BCUT2D eigenvalue weighted by atomic mass is 9.85. The second-order valence-electron chi connectivity index (χ2n) is 4.86. The van der Waals surface area contributed by atoms with E-state index in [2.05, 4.69) is 0 Å². The lowest BCUT2D eigenvalue weighted by Gasteiger charge is -2.34. The van der Waals surface area contributed by atoms with Crippen LogP contribution in [0.25, 0.3) is 0 Å². The highest BCUT2D eigenvalue weighted by molar-refractivity contribution is 6.05. The Balaban J connectivity index is 2.70. The van der Waals surface area contributed by atoms with Gasteiger partial charge in [0.2, 0.25) is 0 Å². The molecule has 7 nitrogen and oxygen atoms in total. The zero-order valence-corrected chi connectivity index (χ0v) is 13.3. The van der Waals surface area contributed by atoms with Crippen LogP contribution in [0.5, 0.6) is 0 Å². The van der Waals surface area contributed by atoms with Crippen LogP contribution in [-0.4, -0.2) is 44.1 Å². The number of hydrogen-bond acceptors (Lipinski definition) is 7. The second-order valence-corrected chi connectivity index (χ2v) is 4.86. The van der Waals surface area contributed by atoms with Gasteiger partial charge in [-0.05, 0) is 19.1 Å². The number of carbonyl (C=O) groups excluding carboxylic acids is 3. The standard InChI is InChI=1S/C16H17NO6/c1-9-6-5-7-11-13(16(20)23-4)12(15(19)22-3)10(8-17(9)11)14(18)21-2/h5-8,12H,1-4H3. The quantitative estimate of drug-likeness (QED) is 0.568. The van der Waals surface area contributed by atoms with E-state index >= 15 is 0 Å². The van der Waals surface area contributed by atoms with Gasteiger partial charge >= 0.3 is 17.9 Å². The van der Waals surface area contributed by atoms with Gasteiger partial charge in [-0.1, -0.05) is 6.08 Å². The van der Waals surface area contributed by atoms with Gasteiger partial charge in [-0.15, -0.1) is 0 Å². The highest BCUT2D eigenvalue weighted by Crippen LogP contribution is 2.37. The first-order valence-electron chi connectivity index (χ1n) is 6.80. The molecule has 0 N–H and O–H groups in total. The number of esters is 3. The third kappa shape index (κ3) is 2.77. The van der Waals surface area contributed by atoms with Gasteiger partial charge in [0, 0.05) is 11.9 Å². The van der Waals surface area contributed by atoms with Crippen molar-refractivity contribution in [2.75, 3.05) is 21.3 Å². The zero-order chi connectivity index (χ0) is 17.1.